The third-order valence-corrected chi connectivity index (χ3v) is 3.93. The monoisotopic (exact) mass is 264 g/mol. The molecule has 1 aromatic rings. The summed E-state index contributed by atoms with van der Waals surface area (Å²) in [6.07, 6.45) is 2.90. The van der Waals surface area contributed by atoms with Crippen LogP contribution in [-0.4, -0.2) is 33.4 Å². The van der Waals surface area contributed by atoms with Crippen LogP contribution in [0.2, 0.25) is 0 Å². The Bertz CT molecular complexity index is 443. The lowest BCUT2D eigenvalue weighted by Gasteiger charge is -2.51. The maximum Gasteiger partial charge on any atom is 0.169 e. The van der Waals surface area contributed by atoms with Gasteiger partial charge in [-0.3, -0.25) is 0 Å². The van der Waals surface area contributed by atoms with E-state index in [0.29, 0.717) is 19.3 Å². The third kappa shape index (κ3) is 2.65. The first-order valence-electron chi connectivity index (χ1n) is 6.30. The summed E-state index contributed by atoms with van der Waals surface area (Å²) in [5, 5.41) is 0. The summed E-state index contributed by atoms with van der Waals surface area (Å²) in [5.41, 5.74) is 0.700. The fourth-order valence-electron chi connectivity index (χ4n) is 2.83. The van der Waals surface area contributed by atoms with E-state index in [2.05, 4.69) is 0 Å². The van der Waals surface area contributed by atoms with Gasteiger partial charge in [0, 0.05) is 32.5 Å². The molecule has 0 N–H and O–H groups in total. The Labute approximate surface area is 113 Å². The maximum absolute atomic E-state index is 11.4. The third-order valence-electron chi connectivity index (χ3n) is 3.93. The number of carbonyl (C=O) groups excluding carboxylic acids is 1. The lowest BCUT2D eigenvalue weighted by atomic mass is 9.62. The maximum atomic E-state index is 11.4. The minimum atomic E-state index is -0.597. The van der Waals surface area contributed by atoms with E-state index in [1.807, 2.05) is 24.3 Å². The van der Waals surface area contributed by atoms with Crippen molar-refractivity contribution in [2.45, 2.75) is 25.0 Å². The van der Waals surface area contributed by atoms with Gasteiger partial charge in [0.15, 0.2) is 5.79 Å². The highest BCUT2D eigenvalue weighted by Gasteiger charge is 2.55. The highest BCUT2D eigenvalue weighted by atomic mass is 16.7. The predicted molar refractivity (Wildman–Crippen MR) is 71.2 cm³/mol. The zero-order valence-electron chi connectivity index (χ0n) is 11.6. The molecular formula is C15H20O4. The Hall–Kier alpha value is -1.39. The van der Waals surface area contributed by atoms with Crippen LogP contribution in [0.3, 0.4) is 0 Å². The van der Waals surface area contributed by atoms with Crippen LogP contribution in [-0.2, 0) is 20.7 Å². The van der Waals surface area contributed by atoms with Gasteiger partial charge >= 0.3 is 0 Å². The highest BCUT2D eigenvalue weighted by molar-refractivity contribution is 5.63. The second kappa shape index (κ2) is 5.31. The number of ether oxygens (including phenoxy) is 3. The smallest absolute Gasteiger partial charge is 0.169 e. The van der Waals surface area contributed by atoms with E-state index in [9.17, 15) is 4.79 Å². The average Bonchev–Trinajstić information content (AvgIpc) is 2.43. The Kier molecular flexibility index (Phi) is 3.92. The SMILES string of the molecule is COc1cccc(CC2(C=O)CC(OC)(OC)C2)c1. The van der Waals surface area contributed by atoms with Crippen LogP contribution >= 0.6 is 0 Å². The van der Waals surface area contributed by atoms with Crippen LogP contribution in [0.15, 0.2) is 24.3 Å². The van der Waals surface area contributed by atoms with Gasteiger partial charge in [-0.15, -0.1) is 0 Å². The molecule has 0 atom stereocenters. The average molecular weight is 264 g/mol. The molecule has 0 radical (unpaired) electrons. The van der Waals surface area contributed by atoms with Gasteiger partial charge in [-0.1, -0.05) is 12.1 Å². The molecule has 4 nitrogen and oxygen atoms in total. The van der Waals surface area contributed by atoms with Crippen molar-refractivity contribution in [3.63, 3.8) is 0 Å². The van der Waals surface area contributed by atoms with Crippen molar-refractivity contribution in [1.29, 1.82) is 0 Å². The second-order valence-electron chi connectivity index (χ2n) is 5.18. The standard InChI is InChI=1S/C15H20O4/c1-17-13-6-4-5-12(7-13)8-14(11-16)9-15(10-14,18-2)19-3/h4-7,11H,8-10H2,1-3H3. The van der Waals surface area contributed by atoms with Crippen molar-refractivity contribution in [3.05, 3.63) is 29.8 Å². The summed E-state index contributed by atoms with van der Waals surface area (Å²) in [6.45, 7) is 0. The summed E-state index contributed by atoms with van der Waals surface area (Å²) in [6, 6.07) is 7.80. The van der Waals surface area contributed by atoms with Crippen LogP contribution in [0.5, 0.6) is 5.75 Å². The van der Waals surface area contributed by atoms with Crippen molar-refractivity contribution in [1.82, 2.24) is 0 Å². The first-order valence-corrected chi connectivity index (χ1v) is 6.30. The van der Waals surface area contributed by atoms with Crippen molar-refractivity contribution >= 4 is 6.29 Å². The Morgan fingerprint density at radius 3 is 2.42 bits per heavy atom. The van der Waals surface area contributed by atoms with Gasteiger partial charge in [-0.2, -0.15) is 0 Å². The van der Waals surface area contributed by atoms with Gasteiger partial charge in [-0.05, 0) is 24.1 Å². The van der Waals surface area contributed by atoms with E-state index < -0.39 is 11.2 Å². The molecule has 0 spiro atoms. The quantitative estimate of drug-likeness (QED) is 0.583. The van der Waals surface area contributed by atoms with E-state index in [4.69, 9.17) is 14.2 Å². The molecule has 1 aliphatic rings. The van der Waals surface area contributed by atoms with Gasteiger partial charge in [0.2, 0.25) is 0 Å². The summed E-state index contributed by atoms with van der Waals surface area (Å²) in [5.74, 6) is 0.211. The number of benzene rings is 1. The largest absolute Gasteiger partial charge is 0.497 e. The summed E-state index contributed by atoms with van der Waals surface area (Å²) < 4.78 is 15.9. The second-order valence-corrected chi connectivity index (χ2v) is 5.18. The first-order chi connectivity index (χ1) is 9.11. The number of carbonyl (C=O) groups is 1. The molecule has 0 aromatic heterocycles. The van der Waals surface area contributed by atoms with Crippen LogP contribution in [0.1, 0.15) is 18.4 Å². The molecule has 104 valence electrons. The number of hydrogen-bond donors (Lipinski definition) is 0. The molecular weight excluding hydrogens is 244 g/mol. The predicted octanol–water partition coefficient (Wildman–Crippen LogP) is 2.21. The lowest BCUT2D eigenvalue weighted by molar-refractivity contribution is -0.287. The Morgan fingerprint density at radius 2 is 1.89 bits per heavy atom. The Morgan fingerprint density at radius 1 is 1.21 bits per heavy atom. The molecule has 2 rings (SSSR count). The van der Waals surface area contributed by atoms with E-state index in [0.717, 1.165) is 17.6 Å². The fourth-order valence-corrected chi connectivity index (χ4v) is 2.83. The van der Waals surface area contributed by atoms with Gasteiger partial charge in [0.1, 0.15) is 12.0 Å². The number of rotatable bonds is 6. The molecule has 4 heteroatoms. The summed E-state index contributed by atoms with van der Waals surface area (Å²) in [7, 11) is 4.87. The van der Waals surface area contributed by atoms with Crippen molar-refractivity contribution in [3.8, 4) is 5.75 Å². The molecule has 0 unspecified atom stereocenters. The summed E-state index contributed by atoms with van der Waals surface area (Å²) in [4.78, 5) is 11.4. The summed E-state index contributed by atoms with van der Waals surface area (Å²) >= 11 is 0. The van der Waals surface area contributed by atoms with E-state index >= 15 is 0 Å². The van der Waals surface area contributed by atoms with Gasteiger partial charge in [0.05, 0.1) is 7.11 Å². The molecule has 0 amide bonds. The molecule has 0 aliphatic heterocycles. The van der Waals surface area contributed by atoms with Gasteiger partial charge in [0.25, 0.3) is 0 Å². The fraction of sp³-hybridized carbons (Fsp3) is 0.533. The van der Waals surface area contributed by atoms with Crippen LogP contribution in [0.4, 0.5) is 0 Å². The molecule has 1 aliphatic carbocycles. The molecule has 1 fully saturated rings. The highest BCUT2D eigenvalue weighted by Crippen LogP contribution is 2.51. The number of methoxy groups -OCH3 is 3. The molecule has 1 aromatic carbocycles. The van der Waals surface area contributed by atoms with Gasteiger partial charge in [-0.25, -0.2) is 0 Å². The van der Waals surface area contributed by atoms with Crippen molar-refractivity contribution in [2.75, 3.05) is 21.3 Å². The van der Waals surface area contributed by atoms with Crippen LogP contribution in [0, 0.1) is 5.41 Å². The minimum Gasteiger partial charge on any atom is -0.497 e. The molecule has 1 saturated carbocycles. The Balaban J connectivity index is 2.11. The molecule has 19 heavy (non-hydrogen) atoms. The zero-order chi connectivity index (χ0) is 13.9. The topological polar surface area (TPSA) is 44.8 Å². The minimum absolute atomic E-state index is 0.390. The van der Waals surface area contributed by atoms with Crippen molar-refractivity contribution in [2.24, 2.45) is 5.41 Å². The first kappa shape index (κ1) is 14.0. The van der Waals surface area contributed by atoms with E-state index in [1.54, 1.807) is 21.3 Å². The lowest BCUT2D eigenvalue weighted by Crippen LogP contribution is -2.56. The van der Waals surface area contributed by atoms with Crippen molar-refractivity contribution < 1.29 is 19.0 Å². The van der Waals surface area contributed by atoms with E-state index in [-0.39, 0.29) is 0 Å². The van der Waals surface area contributed by atoms with E-state index in [1.165, 1.54) is 0 Å². The zero-order valence-corrected chi connectivity index (χ0v) is 11.6. The molecule has 0 saturated heterocycles. The molecule has 0 bridgehead atoms. The normalized spacial score (nSPS) is 19.5. The molecule has 0 heterocycles. The number of aldehydes is 1. The van der Waals surface area contributed by atoms with Crippen LogP contribution in [0.25, 0.3) is 0 Å². The number of hydrogen-bond acceptors (Lipinski definition) is 4. The van der Waals surface area contributed by atoms with Gasteiger partial charge < -0.3 is 19.0 Å². The van der Waals surface area contributed by atoms with Crippen LogP contribution < -0.4 is 4.74 Å².